The monoisotopic (exact) mass is 379 g/mol. The van der Waals surface area contributed by atoms with Crippen molar-refractivity contribution in [2.45, 2.75) is 50.0 Å². The maximum Gasteiger partial charge on any atom is 0.106 e. The third-order valence-electron chi connectivity index (χ3n) is 5.99. The molecular formula is C19H26ClN3O3. The Balaban J connectivity index is 1.47. The lowest BCUT2D eigenvalue weighted by molar-refractivity contribution is -0.223. The molecule has 4 rings (SSSR count). The molecule has 2 N–H and O–H groups in total. The van der Waals surface area contributed by atoms with Crippen LogP contribution in [0, 0.1) is 0 Å². The van der Waals surface area contributed by atoms with Crippen LogP contribution in [0.2, 0.25) is 5.02 Å². The first-order valence-corrected chi connectivity index (χ1v) is 9.54. The Morgan fingerprint density at radius 1 is 1.35 bits per heavy atom. The zero-order chi connectivity index (χ0) is 18.5. The van der Waals surface area contributed by atoms with Gasteiger partial charge in [0.05, 0.1) is 34.0 Å². The van der Waals surface area contributed by atoms with Crippen LogP contribution in [0.1, 0.15) is 31.9 Å². The van der Waals surface area contributed by atoms with E-state index in [-0.39, 0.29) is 12.2 Å². The number of aliphatic hydroxyl groups excluding tert-OH is 1. The van der Waals surface area contributed by atoms with E-state index in [1.165, 1.54) is 0 Å². The molecule has 2 fully saturated rings. The van der Waals surface area contributed by atoms with Crippen molar-refractivity contribution in [3.63, 3.8) is 0 Å². The fraction of sp³-hybridized carbons (Fsp3) is 0.632. The van der Waals surface area contributed by atoms with Gasteiger partial charge in [-0.1, -0.05) is 17.7 Å². The van der Waals surface area contributed by atoms with Gasteiger partial charge in [0, 0.05) is 38.5 Å². The summed E-state index contributed by atoms with van der Waals surface area (Å²) in [5.41, 5.74) is 0.631. The van der Waals surface area contributed by atoms with Gasteiger partial charge in [0.25, 0.3) is 0 Å². The van der Waals surface area contributed by atoms with Gasteiger partial charge in [-0.25, -0.2) is 0 Å². The summed E-state index contributed by atoms with van der Waals surface area (Å²) in [5, 5.41) is 26.8. The number of likely N-dealkylation sites (tertiary alicyclic amines) is 1. The van der Waals surface area contributed by atoms with E-state index in [0.29, 0.717) is 6.42 Å². The van der Waals surface area contributed by atoms with Crippen LogP contribution in [0.4, 0.5) is 0 Å². The summed E-state index contributed by atoms with van der Waals surface area (Å²) in [6.45, 7) is 4.39. The van der Waals surface area contributed by atoms with Crippen LogP contribution in [0.5, 0.6) is 0 Å². The van der Waals surface area contributed by atoms with Gasteiger partial charge in [0.2, 0.25) is 0 Å². The average Bonchev–Trinajstić information content (AvgIpc) is 2.91. The van der Waals surface area contributed by atoms with E-state index in [1.54, 1.807) is 6.92 Å². The van der Waals surface area contributed by atoms with Crippen molar-refractivity contribution >= 4 is 22.5 Å². The van der Waals surface area contributed by atoms with Crippen LogP contribution in [0.3, 0.4) is 0 Å². The predicted molar refractivity (Wildman–Crippen MR) is 100 cm³/mol. The van der Waals surface area contributed by atoms with Crippen molar-refractivity contribution in [1.82, 2.24) is 14.7 Å². The molecule has 2 saturated heterocycles. The molecule has 0 bridgehead atoms. The molecule has 1 aromatic carbocycles. The number of aromatic nitrogens is 2. The molecule has 2 atom stereocenters. The molecule has 0 amide bonds. The van der Waals surface area contributed by atoms with Crippen LogP contribution in [-0.4, -0.2) is 61.9 Å². The van der Waals surface area contributed by atoms with Crippen molar-refractivity contribution in [2.75, 3.05) is 19.7 Å². The number of halogens is 1. The fourth-order valence-corrected chi connectivity index (χ4v) is 4.65. The lowest BCUT2D eigenvalue weighted by Gasteiger charge is -2.49. The van der Waals surface area contributed by atoms with Gasteiger partial charge in [-0.2, -0.15) is 5.10 Å². The molecule has 2 aliphatic rings. The Morgan fingerprint density at radius 2 is 2.08 bits per heavy atom. The molecule has 0 radical (unpaired) electrons. The Labute approximate surface area is 158 Å². The first-order chi connectivity index (χ1) is 12.3. The van der Waals surface area contributed by atoms with Crippen molar-refractivity contribution in [2.24, 2.45) is 7.05 Å². The Bertz CT molecular complexity index is 812. The minimum absolute atomic E-state index is 0.202. The first kappa shape index (κ1) is 18.2. The van der Waals surface area contributed by atoms with Crippen molar-refractivity contribution in [1.29, 1.82) is 0 Å². The summed E-state index contributed by atoms with van der Waals surface area (Å²) in [6, 6.07) is 5.89. The topological polar surface area (TPSA) is 70.8 Å². The van der Waals surface area contributed by atoms with Crippen LogP contribution in [0.25, 0.3) is 10.9 Å². The van der Waals surface area contributed by atoms with E-state index in [4.69, 9.17) is 16.3 Å². The molecular weight excluding hydrogens is 354 g/mol. The second-order valence-electron chi connectivity index (χ2n) is 8.02. The second kappa shape index (κ2) is 6.46. The highest BCUT2D eigenvalue weighted by molar-refractivity contribution is 6.35. The normalized spacial score (nSPS) is 29.5. The summed E-state index contributed by atoms with van der Waals surface area (Å²) in [7, 11) is 1.94. The molecule has 26 heavy (non-hydrogen) atoms. The van der Waals surface area contributed by atoms with Crippen LogP contribution >= 0.6 is 11.6 Å². The molecule has 3 heterocycles. The van der Waals surface area contributed by atoms with E-state index in [0.717, 1.165) is 54.1 Å². The van der Waals surface area contributed by atoms with E-state index in [9.17, 15) is 10.2 Å². The number of aryl methyl sites for hydroxylation is 1. The highest BCUT2D eigenvalue weighted by atomic mass is 35.5. The van der Waals surface area contributed by atoms with Crippen LogP contribution in [-0.2, 0) is 18.3 Å². The summed E-state index contributed by atoms with van der Waals surface area (Å²) in [4.78, 5) is 2.36. The standard InChI is InChI=1S/C19H26ClN3O3/c1-18(25)12-19(26-11-16(18)24)6-8-23(9-7-19)10-14-17-13(20)4-3-5-15(17)22(2)21-14/h3-5,16,24-25H,6-12H2,1-2H3/t16-,18-/m0/s1. The van der Waals surface area contributed by atoms with Crippen molar-refractivity contribution in [3.05, 3.63) is 28.9 Å². The number of ether oxygens (including phenoxy) is 1. The molecule has 1 aromatic heterocycles. The minimum atomic E-state index is -1.08. The maximum atomic E-state index is 10.4. The molecule has 7 heteroatoms. The number of nitrogens with zero attached hydrogens (tertiary/aromatic N) is 3. The molecule has 2 aromatic rings. The molecule has 2 aliphatic heterocycles. The predicted octanol–water partition coefficient (Wildman–Crippen LogP) is 2.09. The number of aliphatic hydroxyl groups is 2. The van der Waals surface area contributed by atoms with Crippen molar-refractivity contribution in [3.8, 4) is 0 Å². The van der Waals surface area contributed by atoms with Gasteiger partial charge in [0.15, 0.2) is 0 Å². The molecule has 0 aliphatic carbocycles. The lowest BCUT2D eigenvalue weighted by atomic mass is 9.76. The van der Waals surface area contributed by atoms with Gasteiger partial charge in [-0.15, -0.1) is 0 Å². The van der Waals surface area contributed by atoms with Gasteiger partial charge in [-0.05, 0) is 31.9 Å². The van der Waals surface area contributed by atoms with E-state index in [2.05, 4.69) is 10.00 Å². The van der Waals surface area contributed by atoms with E-state index >= 15 is 0 Å². The fourth-order valence-electron chi connectivity index (χ4n) is 4.37. The third kappa shape index (κ3) is 3.14. The van der Waals surface area contributed by atoms with E-state index < -0.39 is 11.7 Å². The molecule has 0 saturated carbocycles. The Kier molecular flexibility index (Phi) is 4.52. The first-order valence-electron chi connectivity index (χ1n) is 9.17. The van der Waals surface area contributed by atoms with Crippen LogP contribution < -0.4 is 0 Å². The minimum Gasteiger partial charge on any atom is -0.388 e. The highest BCUT2D eigenvalue weighted by Crippen LogP contribution is 2.40. The van der Waals surface area contributed by atoms with Gasteiger partial charge in [0.1, 0.15) is 6.10 Å². The zero-order valence-corrected chi connectivity index (χ0v) is 16.0. The summed E-state index contributed by atoms with van der Waals surface area (Å²) in [6.07, 6.45) is 1.35. The highest BCUT2D eigenvalue weighted by Gasteiger charge is 2.48. The quantitative estimate of drug-likeness (QED) is 0.836. The molecule has 6 nitrogen and oxygen atoms in total. The maximum absolute atomic E-state index is 10.4. The van der Waals surface area contributed by atoms with Crippen molar-refractivity contribution < 1.29 is 14.9 Å². The molecule has 1 spiro atoms. The summed E-state index contributed by atoms with van der Waals surface area (Å²) >= 11 is 6.41. The number of rotatable bonds is 2. The van der Waals surface area contributed by atoms with Crippen LogP contribution in [0.15, 0.2) is 18.2 Å². The molecule has 0 unspecified atom stereocenters. The second-order valence-corrected chi connectivity index (χ2v) is 8.43. The number of piperidine rings is 1. The van der Waals surface area contributed by atoms with Gasteiger partial charge in [-0.3, -0.25) is 9.58 Å². The smallest absolute Gasteiger partial charge is 0.106 e. The summed E-state index contributed by atoms with van der Waals surface area (Å²) < 4.78 is 7.85. The largest absolute Gasteiger partial charge is 0.388 e. The SMILES string of the molecule is Cn1nc(CN2CCC3(CC2)C[C@](C)(O)[C@@H](O)CO3)c2c(Cl)cccc21. The number of hydrogen-bond acceptors (Lipinski definition) is 5. The van der Waals surface area contributed by atoms with Gasteiger partial charge >= 0.3 is 0 Å². The lowest BCUT2D eigenvalue weighted by Crippen LogP contribution is -2.59. The van der Waals surface area contributed by atoms with E-state index in [1.807, 2.05) is 29.9 Å². The number of hydrogen-bond donors (Lipinski definition) is 2. The average molecular weight is 380 g/mol. The third-order valence-corrected chi connectivity index (χ3v) is 6.30. The van der Waals surface area contributed by atoms with Gasteiger partial charge < -0.3 is 14.9 Å². The number of benzene rings is 1. The summed E-state index contributed by atoms with van der Waals surface area (Å²) in [5.74, 6) is 0. The number of fused-ring (bicyclic) bond motifs is 1. The Morgan fingerprint density at radius 3 is 2.77 bits per heavy atom. The Hall–Kier alpha value is -1.18. The molecule has 142 valence electrons. The zero-order valence-electron chi connectivity index (χ0n) is 15.3.